The predicted molar refractivity (Wildman–Crippen MR) is 107 cm³/mol. The highest BCUT2D eigenvalue weighted by Gasteiger charge is 2.01. The van der Waals surface area contributed by atoms with Crippen LogP contribution >= 0.6 is 35.9 Å². The molecule has 0 saturated heterocycles. The van der Waals surface area contributed by atoms with E-state index in [1.807, 2.05) is 48.5 Å². The Bertz CT molecular complexity index is 618. The standard InChI is InChI=1S/C16H18N4OS2.ClH/c17-15(18)22-9-11-1-5-13(6-2-11)21-14-7-3-12(4-8-14)10-23-16(19)20;/h1-8H,9-10H2,(H3,17,18)(H3,19,20);1H. The molecule has 2 aromatic rings. The molecule has 0 saturated carbocycles. The molecule has 128 valence electrons. The smallest absolute Gasteiger partial charge is 0.151 e. The van der Waals surface area contributed by atoms with Gasteiger partial charge in [0.05, 0.1) is 0 Å². The van der Waals surface area contributed by atoms with Gasteiger partial charge in [-0.2, -0.15) is 0 Å². The first-order valence-corrected chi connectivity index (χ1v) is 8.79. The molecule has 0 aromatic heterocycles. The molecule has 0 bridgehead atoms. The number of rotatable bonds is 6. The van der Waals surface area contributed by atoms with E-state index in [9.17, 15) is 0 Å². The summed E-state index contributed by atoms with van der Waals surface area (Å²) in [5.41, 5.74) is 12.8. The Morgan fingerprint density at radius 1 is 0.750 bits per heavy atom. The first kappa shape index (κ1) is 20.2. The summed E-state index contributed by atoms with van der Waals surface area (Å²) in [6.45, 7) is 0. The van der Waals surface area contributed by atoms with Crippen LogP contribution in [0.3, 0.4) is 0 Å². The van der Waals surface area contributed by atoms with E-state index in [4.69, 9.17) is 27.0 Å². The van der Waals surface area contributed by atoms with E-state index in [1.165, 1.54) is 23.5 Å². The maximum Gasteiger partial charge on any atom is 0.151 e. The van der Waals surface area contributed by atoms with Gasteiger partial charge < -0.3 is 16.2 Å². The van der Waals surface area contributed by atoms with Crippen LogP contribution in [0.1, 0.15) is 11.1 Å². The van der Waals surface area contributed by atoms with E-state index in [0.29, 0.717) is 11.5 Å². The molecule has 8 heteroatoms. The quantitative estimate of drug-likeness (QED) is 0.443. The summed E-state index contributed by atoms with van der Waals surface area (Å²) in [6, 6.07) is 15.4. The second-order valence-corrected chi connectivity index (χ2v) is 6.73. The molecule has 24 heavy (non-hydrogen) atoms. The topological polar surface area (TPSA) is 109 Å². The van der Waals surface area contributed by atoms with Gasteiger partial charge in [0.2, 0.25) is 0 Å². The van der Waals surface area contributed by atoms with Gasteiger partial charge in [-0.3, -0.25) is 10.8 Å². The molecule has 0 aliphatic carbocycles. The Labute approximate surface area is 156 Å². The molecule has 0 spiro atoms. The van der Waals surface area contributed by atoms with Gasteiger partial charge >= 0.3 is 0 Å². The fraction of sp³-hybridized carbons (Fsp3) is 0.125. The fourth-order valence-electron chi connectivity index (χ4n) is 1.77. The third kappa shape index (κ3) is 7.16. The number of nitrogens with two attached hydrogens (primary N) is 2. The highest BCUT2D eigenvalue weighted by atomic mass is 35.5. The van der Waals surface area contributed by atoms with E-state index in [0.717, 1.165) is 22.6 Å². The van der Waals surface area contributed by atoms with Crippen LogP contribution in [0.4, 0.5) is 0 Å². The third-order valence-electron chi connectivity index (χ3n) is 2.87. The molecule has 0 heterocycles. The number of nitrogens with one attached hydrogen (secondary N) is 2. The van der Waals surface area contributed by atoms with Crippen molar-refractivity contribution in [3.8, 4) is 11.5 Å². The van der Waals surface area contributed by atoms with Gasteiger partial charge in [0.25, 0.3) is 0 Å². The Hall–Kier alpha value is -1.83. The molecular weight excluding hydrogens is 364 g/mol. The normalized spacial score (nSPS) is 9.83. The zero-order chi connectivity index (χ0) is 16.7. The van der Waals surface area contributed by atoms with Crippen molar-refractivity contribution in [3.05, 3.63) is 59.7 Å². The maximum absolute atomic E-state index is 7.20. The molecule has 0 fully saturated rings. The van der Waals surface area contributed by atoms with E-state index < -0.39 is 0 Å². The number of ether oxygens (including phenoxy) is 1. The van der Waals surface area contributed by atoms with Crippen LogP contribution in [0.2, 0.25) is 0 Å². The number of amidine groups is 2. The molecular formula is C16H19ClN4OS2. The molecule has 0 aliphatic rings. The summed E-state index contributed by atoms with van der Waals surface area (Å²) in [5.74, 6) is 2.87. The molecule has 2 aromatic carbocycles. The van der Waals surface area contributed by atoms with E-state index in [2.05, 4.69) is 0 Å². The Morgan fingerprint density at radius 3 is 1.38 bits per heavy atom. The number of hydrogen-bond donors (Lipinski definition) is 4. The summed E-state index contributed by atoms with van der Waals surface area (Å²) in [5, 5.41) is 14.6. The van der Waals surface area contributed by atoms with Crippen LogP contribution < -0.4 is 16.2 Å². The van der Waals surface area contributed by atoms with Crippen molar-refractivity contribution in [2.45, 2.75) is 11.5 Å². The second-order valence-electron chi connectivity index (χ2n) is 4.70. The highest BCUT2D eigenvalue weighted by Crippen LogP contribution is 2.24. The SMILES string of the molecule is Cl.N=C(N)SCc1ccc(Oc2ccc(CSC(=N)N)cc2)cc1. The average molecular weight is 383 g/mol. The molecule has 0 unspecified atom stereocenters. The van der Waals surface area contributed by atoms with Crippen LogP contribution in [0, 0.1) is 10.8 Å². The number of halogens is 1. The molecule has 2 rings (SSSR count). The lowest BCUT2D eigenvalue weighted by Gasteiger charge is -2.08. The van der Waals surface area contributed by atoms with Gasteiger partial charge in [-0.1, -0.05) is 47.8 Å². The van der Waals surface area contributed by atoms with Crippen molar-refractivity contribution in [1.29, 1.82) is 10.8 Å². The molecule has 5 nitrogen and oxygen atoms in total. The van der Waals surface area contributed by atoms with Crippen LogP contribution in [-0.2, 0) is 11.5 Å². The zero-order valence-corrected chi connectivity index (χ0v) is 15.3. The fourth-order valence-corrected chi connectivity index (χ4v) is 2.79. The summed E-state index contributed by atoms with van der Waals surface area (Å²) in [6.07, 6.45) is 0. The van der Waals surface area contributed by atoms with Crippen molar-refractivity contribution in [2.75, 3.05) is 0 Å². The third-order valence-corrected chi connectivity index (χ3v) is 4.45. The Kier molecular flexibility index (Phi) is 8.53. The summed E-state index contributed by atoms with van der Waals surface area (Å²) < 4.78 is 5.79. The van der Waals surface area contributed by atoms with Crippen LogP contribution in [0.25, 0.3) is 0 Å². The Balaban J connectivity index is 0.00000288. The van der Waals surface area contributed by atoms with E-state index in [-0.39, 0.29) is 22.7 Å². The minimum Gasteiger partial charge on any atom is -0.457 e. The average Bonchev–Trinajstić information content (AvgIpc) is 2.53. The first-order valence-electron chi connectivity index (χ1n) is 6.82. The molecule has 0 radical (unpaired) electrons. The number of thioether (sulfide) groups is 2. The molecule has 0 amide bonds. The lowest BCUT2D eigenvalue weighted by Crippen LogP contribution is -2.03. The maximum atomic E-state index is 7.20. The van der Waals surface area contributed by atoms with E-state index >= 15 is 0 Å². The van der Waals surface area contributed by atoms with Gasteiger partial charge in [-0.05, 0) is 35.4 Å². The molecule has 6 N–H and O–H groups in total. The van der Waals surface area contributed by atoms with Gasteiger partial charge in [-0.25, -0.2) is 0 Å². The number of hydrogen-bond acceptors (Lipinski definition) is 5. The molecule has 0 aliphatic heterocycles. The molecule has 0 atom stereocenters. The lowest BCUT2D eigenvalue weighted by molar-refractivity contribution is 0.482. The second kappa shape index (κ2) is 10.1. The van der Waals surface area contributed by atoms with Gasteiger partial charge in [-0.15, -0.1) is 12.4 Å². The van der Waals surface area contributed by atoms with Crippen molar-refractivity contribution >= 4 is 46.3 Å². The monoisotopic (exact) mass is 382 g/mol. The van der Waals surface area contributed by atoms with Gasteiger partial charge in [0, 0.05) is 11.5 Å². The lowest BCUT2D eigenvalue weighted by atomic mass is 10.2. The summed E-state index contributed by atoms with van der Waals surface area (Å²) in [4.78, 5) is 0. The zero-order valence-electron chi connectivity index (χ0n) is 12.8. The van der Waals surface area contributed by atoms with Crippen molar-refractivity contribution in [2.24, 2.45) is 11.5 Å². The Morgan fingerprint density at radius 2 is 1.08 bits per heavy atom. The predicted octanol–water partition coefficient (Wildman–Crippen LogP) is 4.15. The van der Waals surface area contributed by atoms with Crippen molar-refractivity contribution in [3.63, 3.8) is 0 Å². The van der Waals surface area contributed by atoms with Gasteiger partial charge in [0.15, 0.2) is 10.3 Å². The van der Waals surface area contributed by atoms with Crippen LogP contribution in [0.5, 0.6) is 11.5 Å². The first-order chi connectivity index (χ1) is 11.0. The van der Waals surface area contributed by atoms with Crippen LogP contribution in [0.15, 0.2) is 48.5 Å². The minimum atomic E-state index is 0. The minimum absolute atomic E-state index is 0. The van der Waals surface area contributed by atoms with Crippen molar-refractivity contribution < 1.29 is 4.74 Å². The summed E-state index contributed by atoms with van der Waals surface area (Å²) >= 11 is 2.59. The number of benzene rings is 2. The van der Waals surface area contributed by atoms with Crippen molar-refractivity contribution in [1.82, 2.24) is 0 Å². The summed E-state index contributed by atoms with van der Waals surface area (Å²) in [7, 11) is 0. The van der Waals surface area contributed by atoms with E-state index in [1.54, 1.807) is 0 Å². The largest absolute Gasteiger partial charge is 0.457 e. The highest BCUT2D eigenvalue weighted by molar-refractivity contribution is 8.13. The van der Waals surface area contributed by atoms with Gasteiger partial charge in [0.1, 0.15) is 11.5 Å². The van der Waals surface area contributed by atoms with Crippen LogP contribution in [-0.4, -0.2) is 10.3 Å².